The maximum absolute atomic E-state index is 12.9. The summed E-state index contributed by atoms with van der Waals surface area (Å²) in [7, 11) is 0. The Bertz CT molecular complexity index is 860. The standard InChI is InChI=1S/C31H50O4/c1-18(2)9-8-10-19(3)21-11-12-22-26-23(13-14-30(21,22)6)31(7)16-20(17-32)25(33)15-24(31)27-28(26)35-29(4,5)34-27/h17-19,21-24,26-28,32H,8-16H2,1-7H3/b20-17+/t19-,21-,22+,23+,24-,26+,27-,28-,30-,31-/m1/s1. The van der Waals surface area contributed by atoms with Crippen molar-refractivity contribution >= 4 is 5.78 Å². The summed E-state index contributed by atoms with van der Waals surface area (Å²) in [5.41, 5.74) is 0.957. The summed E-state index contributed by atoms with van der Waals surface area (Å²) in [5.74, 6) is 3.67. The van der Waals surface area contributed by atoms with E-state index in [0.29, 0.717) is 41.6 Å². The minimum atomic E-state index is -0.600. The van der Waals surface area contributed by atoms with E-state index in [1.807, 2.05) is 0 Å². The van der Waals surface area contributed by atoms with Crippen LogP contribution in [0.3, 0.4) is 0 Å². The maximum atomic E-state index is 12.9. The van der Waals surface area contributed by atoms with E-state index in [0.717, 1.165) is 24.0 Å². The number of hydrogen-bond acceptors (Lipinski definition) is 4. The molecule has 0 aromatic carbocycles. The summed E-state index contributed by atoms with van der Waals surface area (Å²) >= 11 is 0. The van der Waals surface area contributed by atoms with Crippen LogP contribution in [-0.4, -0.2) is 28.9 Å². The topological polar surface area (TPSA) is 55.8 Å². The highest BCUT2D eigenvalue weighted by molar-refractivity contribution is 5.96. The molecule has 1 aliphatic heterocycles. The number of ketones is 1. The predicted octanol–water partition coefficient (Wildman–Crippen LogP) is 7.47. The first-order chi connectivity index (χ1) is 16.4. The number of Topliss-reactive ketones (excluding diaryl/α,β-unsaturated/α-hetero) is 1. The monoisotopic (exact) mass is 486 g/mol. The SMILES string of the molecule is CC(C)CCC[C@@H](C)[C@H]1CC[C@H]2[C@@H]3[C@H]4OC(C)(C)O[C@@H]4[C@H]4CC(=O)/C(=C/O)C[C@]4(C)[C@H]3CC[C@]12C. The Morgan fingerprint density at radius 1 is 0.943 bits per heavy atom. The fraction of sp³-hybridized carbons (Fsp3) is 0.903. The van der Waals surface area contributed by atoms with Crippen LogP contribution in [0.15, 0.2) is 11.8 Å². The largest absolute Gasteiger partial charge is 0.515 e. The van der Waals surface area contributed by atoms with Gasteiger partial charge in [-0.2, -0.15) is 0 Å². The molecule has 0 radical (unpaired) electrons. The van der Waals surface area contributed by atoms with E-state index in [2.05, 4.69) is 48.5 Å². The van der Waals surface area contributed by atoms with Gasteiger partial charge >= 0.3 is 0 Å². The molecule has 0 unspecified atom stereocenters. The molecule has 35 heavy (non-hydrogen) atoms. The molecule has 0 aromatic heterocycles. The normalized spacial score (nSPS) is 48.4. The van der Waals surface area contributed by atoms with Gasteiger partial charge in [-0.15, -0.1) is 0 Å². The average molecular weight is 487 g/mol. The van der Waals surface area contributed by atoms with Gasteiger partial charge in [0.2, 0.25) is 0 Å². The first-order valence-corrected chi connectivity index (χ1v) is 14.6. The van der Waals surface area contributed by atoms with Gasteiger partial charge in [-0.1, -0.05) is 53.9 Å². The smallest absolute Gasteiger partial charge is 0.163 e. The van der Waals surface area contributed by atoms with Crippen molar-refractivity contribution < 1.29 is 19.4 Å². The number of carbonyl (C=O) groups excluding carboxylic acids is 1. The number of carbonyl (C=O) groups is 1. The average Bonchev–Trinajstić information content (AvgIpc) is 3.29. The quantitative estimate of drug-likeness (QED) is 0.323. The minimum absolute atomic E-state index is 0.0229. The molecule has 4 heteroatoms. The maximum Gasteiger partial charge on any atom is 0.163 e. The van der Waals surface area contributed by atoms with Crippen molar-refractivity contribution in [3.63, 3.8) is 0 Å². The summed E-state index contributed by atoms with van der Waals surface area (Å²) in [5, 5.41) is 9.89. The van der Waals surface area contributed by atoms with Crippen molar-refractivity contribution in [2.24, 2.45) is 52.3 Å². The molecular weight excluding hydrogens is 436 g/mol. The summed E-state index contributed by atoms with van der Waals surface area (Å²) < 4.78 is 13.4. The molecule has 198 valence electrons. The molecule has 10 atom stereocenters. The van der Waals surface area contributed by atoms with Gasteiger partial charge in [-0.05, 0) is 92.3 Å². The van der Waals surface area contributed by atoms with Crippen LogP contribution >= 0.6 is 0 Å². The molecule has 0 aromatic rings. The molecule has 5 aliphatic rings. The number of ether oxygens (including phenoxy) is 2. The summed E-state index contributed by atoms with van der Waals surface area (Å²) in [4.78, 5) is 12.9. The zero-order valence-electron chi connectivity index (χ0n) is 23.3. The van der Waals surface area contributed by atoms with Crippen LogP contribution in [0.1, 0.15) is 106 Å². The number of fused-ring (bicyclic) bond motifs is 8. The molecule has 4 saturated carbocycles. The molecule has 4 nitrogen and oxygen atoms in total. The third kappa shape index (κ3) is 4.04. The van der Waals surface area contributed by atoms with Crippen LogP contribution in [0, 0.1) is 52.3 Å². The van der Waals surface area contributed by atoms with E-state index in [4.69, 9.17) is 9.47 Å². The van der Waals surface area contributed by atoms with Crippen molar-refractivity contribution in [2.45, 2.75) is 124 Å². The zero-order chi connectivity index (χ0) is 25.3. The Labute approximate surface area is 213 Å². The van der Waals surface area contributed by atoms with Crippen LogP contribution in [-0.2, 0) is 14.3 Å². The Kier molecular flexibility index (Phi) is 6.52. The Morgan fingerprint density at radius 3 is 2.31 bits per heavy atom. The number of aliphatic hydroxyl groups is 1. The summed E-state index contributed by atoms with van der Waals surface area (Å²) in [6.45, 7) is 16.3. The molecule has 0 spiro atoms. The van der Waals surface area contributed by atoms with E-state index in [1.54, 1.807) is 0 Å². The van der Waals surface area contributed by atoms with Gasteiger partial charge in [-0.25, -0.2) is 0 Å². The van der Waals surface area contributed by atoms with Crippen molar-refractivity contribution in [1.82, 2.24) is 0 Å². The second kappa shape index (κ2) is 8.86. The van der Waals surface area contributed by atoms with Crippen LogP contribution in [0.5, 0.6) is 0 Å². The number of aliphatic hydroxyl groups excluding tert-OH is 1. The van der Waals surface area contributed by atoms with Crippen LogP contribution in [0.2, 0.25) is 0 Å². The second-order valence-electron chi connectivity index (χ2n) is 14.5. The van der Waals surface area contributed by atoms with Gasteiger partial charge in [0.15, 0.2) is 11.6 Å². The first-order valence-electron chi connectivity index (χ1n) is 14.6. The van der Waals surface area contributed by atoms with Gasteiger partial charge in [0.1, 0.15) is 0 Å². The highest BCUT2D eigenvalue weighted by Gasteiger charge is 2.69. The highest BCUT2D eigenvalue weighted by Crippen LogP contribution is 2.70. The number of allylic oxidation sites excluding steroid dienone is 1. The van der Waals surface area contributed by atoms with Crippen LogP contribution in [0.4, 0.5) is 0 Å². The highest BCUT2D eigenvalue weighted by atomic mass is 16.8. The molecular formula is C31H50O4. The third-order valence-corrected chi connectivity index (χ3v) is 11.7. The van der Waals surface area contributed by atoms with E-state index in [-0.39, 0.29) is 29.3 Å². The fourth-order valence-corrected chi connectivity index (χ4v) is 10.1. The minimum Gasteiger partial charge on any atom is -0.515 e. The zero-order valence-corrected chi connectivity index (χ0v) is 23.3. The Balaban J connectivity index is 1.46. The van der Waals surface area contributed by atoms with Gasteiger partial charge < -0.3 is 14.6 Å². The van der Waals surface area contributed by atoms with Gasteiger partial charge in [-0.3, -0.25) is 4.79 Å². The second-order valence-corrected chi connectivity index (χ2v) is 14.5. The lowest BCUT2D eigenvalue weighted by molar-refractivity contribution is -0.178. The molecule has 5 rings (SSSR count). The fourth-order valence-electron chi connectivity index (χ4n) is 10.1. The van der Waals surface area contributed by atoms with Crippen molar-refractivity contribution in [1.29, 1.82) is 0 Å². The predicted molar refractivity (Wildman–Crippen MR) is 139 cm³/mol. The molecule has 0 bridgehead atoms. The van der Waals surface area contributed by atoms with Gasteiger partial charge in [0.25, 0.3) is 0 Å². The van der Waals surface area contributed by atoms with Crippen molar-refractivity contribution in [3.8, 4) is 0 Å². The lowest BCUT2D eigenvalue weighted by Gasteiger charge is -2.63. The van der Waals surface area contributed by atoms with E-state index in [1.165, 1.54) is 44.9 Å². The van der Waals surface area contributed by atoms with Crippen LogP contribution < -0.4 is 0 Å². The third-order valence-electron chi connectivity index (χ3n) is 11.7. The van der Waals surface area contributed by atoms with Gasteiger partial charge in [0, 0.05) is 17.9 Å². The van der Waals surface area contributed by atoms with E-state index < -0.39 is 5.79 Å². The van der Waals surface area contributed by atoms with Crippen molar-refractivity contribution in [2.75, 3.05) is 0 Å². The molecule has 4 aliphatic carbocycles. The summed E-state index contributed by atoms with van der Waals surface area (Å²) in [6, 6.07) is 0. The Hall–Kier alpha value is -0.870. The number of rotatable bonds is 5. The van der Waals surface area contributed by atoms with Crippen molar-refractivity contribution in [3.05, 3.63) is 11.8 Å². The Morgan fingerprint density at radius 2 is 1.63 bits per heavy atom. The molecule has 5 fully saturated rings. The van der Waals surface area contributed by atoms with Crippen LogP contribution in [0.25, 0.3) is 0 Å². The first kappa shape index (κ1) is 25.8. The lowest BCUT2D eigenvalue weighted by Crippen LogP contribution is -2.63. The van der Waals surface area contributed by atoms with E-state index in [9.17, 15) is 9.90 Å². The molecule has 0 amide bonds. The lowest BCUT2D eigenvalue weighted by atomic mass is 9.43. The van der Waals surface area contributed by atoms with Gasteiger partial charge in [0.05, 0.1) is 18.5 Å². The molecule has 1 N–H and O–H groups in total. The van der Waals surface area contributed by atoms with E-state index >= 15 is 0 Å². The summed E-state index contributed by atoms with van der Waals surface area (Å²) in [6.07, 6.45) is 11.5. The number of hydrogen-bond donors (Lipinski definition) is 1. The molecule has 1 saturated heterocycles. The molecule has 1 heterocycles.